The van der Waals surface area contributed by atoms with E-state index in [9.17, 15) is 24.0 Å². The minimum Gasteiger partial charge on any atom is -0.481 e. The molecule has 0 aromatic carbocycles. The molecule has 0 radical (unpaired) electrons. The summed E-state index contributed by atoms with van der Waals surface area (Å²) in [7, 11) is 0. The van der Waals surface area contributed by atoms with E-state index < -0.39 is 60.8 Å². The Kier molecular flexibility index (Phi) is 9.89. The van der Waals surface area contributed by atoms with Gasteiger partial charge in [-0.3, -0.25) is 19.2 Å². The summed E-state index contributed by atoms with van der Waals surface area (Å²) in [6.45, 7) is 4.51. The lowest BCUT2D eigenvalue weighted by Crippen LogP contribution is -2.53. The number of carboxylic acid groups (broad SMARTS) is 2. The zero-order chi connectivity index (χ0) is 20.4. The van der Waals surface area contributed by atoms with Crippen LogP contribution in [0.15, 0.2) is 0 Å². The molecule has 148 valence electrons. The first-order chi connectivity index (χ1) is 12.0. The van der Waals surface area contributed by atoms with Gasteiger partial charge >= 0.3 is 11.9 Å². The lowest BCUT2D eigenvalue weighted by molar-refractivity contribution is -0.147. The van der Waals surface area contributed by atoms with Crippen molar-refractivity contribution in [1.29, 1.82) is 0 Å². The third-order valence-electron chi connectivity index (χ3n) is 3.75. The fraction of sp³-hybridized carbons (Fsp3) is 0.667. The minimum atomic E-state index is -1.61. The van der Waals surface area contributed by atoms with Crippen LogP contribution < -0.4 is 21.7 Å². The van der Waals surface area contributed by atoms with Gasteiger partial charge in [-0.15, -0.1) is 0 Å². The molecule has 11 nitrogen and oxygen atoms in total. The van der Waals surface area contributed by atoms with Crippen molar-refractivity contribution in [2.75, 3.05) is 6.54 Å². The van der Waals surface area contributed by atoms with Crippen LogP contribution >= 0.6 is 0 Å². The number of nitrogens with one attached hydrogen (secondary N) is 3. The van der Waals surface area contributed by atoms with E-state index in [0.29, 0.717) is 6.42 Å². The second-order valence-electron chi connectivity index (χ2n) is 5.92. The van der Waals surface area contributed by atoms with Gasteiger partial charge in [-0.25, -0.2) is 4.79 Å². The van der Waals surface area contributed by atoms with Crippen LogP contribution in [0, 0.1) is 5.92 Å². The molecule has 0 fully saturated rings. The molecule has 0 saturated carbocycles. The van der Waals surface area contributed by atoms with E-state index in [-0.39, 0.29) is 5.92 Å². The van der Waals surface area contributed by atoms with Gasteiger partial charge < -0.3 is 31.9 Å². The lowest BCUT2D eigenvalue weighted by atomic mass is 9.99. The molecule has 0 aromatic heterocycles. The summed E-state index contributed by atoms with van der Waals surface area (Å²) in [6, 6.07) is -3.34. The molecule has 11 heteroatoms. The standard InChI is InChI=1S/C15H26N4O7/c1-4-7(2)12(16)14(24)18-8(3)13(23)17-6-10(20)19-9(15(25)26)5-11(21)22/h7-9,12H,4-6,16H2,1-3H3,(H,17,23)(H,18,24)(H,19,20)(H,21,22)(H,25,26). The molecule has 0 spiro atoms. The first kappa shape index (κ1) is 23.3. The summed E-state index contributed by atoms with van der Waals surface area (Å²) in [4.78, 5) is 56.8. The molecular formula is C15H26N4O7. The molecule has 0 rings (SSSR count). The molecule has 0 aliphatic heterocycles. The predicted octanol–water partition coefficient (Wildman–Crippen LogP) is -1.98. The van der Waals surface area contributed by atoms with Gasteiger partial charge in [0.15, 0.2) is 0 Å². The third-order valence-corrected chi connectivity index (χ3v) is 3.75. The Balaban J connectivity index is 4.46. The van der Waals surface area contributed by atoms with Gasteiger partial charge in [0.05, 0.1) is 19.0 Å². The van der Waals surface area contributed by atoms with E-state index in [0.717, 1.165) is 0 Å². The molecule has 0 saturated heterocycles. The summed E-state index contributed by atoms with van der Waals surface area (Å²) in [6.07, 6.45) is -0.106. The molecule has 4 unspecified atom stereocenters. The fourth-order valence-electron chi connectivity index (χ4n) is 1.83. The summed E-state index contributed by atoms with van der Waals surface area (Å²) in [5, 5.41) is 24.0. The minimum absolute atomic E-state index is 0.0711. The van der Waals surface area contributed by atoms with Crippen molar-refractivity contribution in [2.24, 2.45) is 11.7 Å². The highest BCUT2D eigenvalue weighted by Crippen LogP contribution is 2.05. The Morgan fingerprint density at radius 2 is 1.58 bits per heavy atom. The van der Waals surface area contributed by atoms with Crippen LogP contribution in [0.3, 0.4) is 0 Å². The maximum absolute atomic E-state index is 11.9. The zero-order valence-corrected chi connectivity index (χ0v) is 14.9. The summed E-state index contributed by atoms with van der Waals surface area (Å²) in [5.74, 6) is -5.02. The number of amides is 3. The molecule has 3 amide bonds. The van der Waals surface area contributed by atoms with Crippen molar-refractivity contribution in [2.45, 2.75) is 51.7 Å². The van der Waals surface area contributed by atoms with E-state index in [2.05, 4.69) is 10.6 Å². The molecule has 0 bridgehead atoms. The SMILES string of the molecule is CCC(C)C(N)C(=O)NC(C)C(=O)NCC(=O)NC(CC(=O)O)C(=O)O. The normalized spacial score (nSPS) is 15.1. The van der Waals surface area contributed by atoms with E-state index in [1.54, 1.807) is 6.92 Å². The molecule has 0 aliphatic rings. The Bertz CT molecular complexity index is 552. The van der Waals surface area contributed by atoms with Crippen molar-refractivity contribution < 1.29 is 34.2 Å². The second kappa shape index (κ2) is 11.0. The van der Waals surface area contributed by atoms with Crippen LogP contribution in [0.5, 0.6) is 0 Å². The van der Waals surface area contributed by atoms with Gasteiger partial charge in [0.2, 0.25) is 17.7 Å². The molecule has 4 atom stereocenters. The first-order valence-electron chi connectivity index (χ1n) is 8.07. The average molecular weight is 374 g/mol. The van der Waals surface area contributed by atoms with Crippen LogP contribution in [-0.4, -0.2) is 64.5 Å². The lowest BCUT2D eigenvalue weighted by Gasteiger charge is -2.21. The molecule has 26 heavy (non-hydrogen) atoms. The highest BCUT2D eigenvalue weighted by Gasteiger charge is 2.25. The zero-order valence-electron chi connectivity index (χ0n) is 14.9. The van der Waals surface area contributed by atoms with E-state index >= 15 is 0 Å². The van der Waals surface area contributed by atoms with Crippen LogP contribution in [-0.2, 0) is 24.0 Å². The van der Waals surface area contributed by atoms with Crippen LogP contribution in [0.2, 0.25) is 0 Å². The predicted molar refractivity (Wildman–Crippen MR) is 89.9 cm³/mol. The average Bonchev–Trinajstić information content (AvgIpc) is 2.56. The molecule has 7 N–H and O–H groups in total. The smallest absolute Gasteiger partial charge is 0.326 e. The van der Waals surface area contributed by atoms with Crippen molar-refractivity contribution in [3.63, 3.8) is 0 Å². The molecular weight excluding hydrogens is 348 g/mol. The van der Waals surface area contributed by atoms with Crippen molar-refractivity contribution in [3.05, 3.63) is 0 Å². The van der Waals surface area contributed by atoms with Crippen LogP contribution in [0.1, 0.15) is 33.6 Å². The maximum Gasteiger partial charge on any atom is 0.326 e. The van der Waals surface area contributed by atoms with Gasteiger partial charge in [0.25, 0.3) is 0 Å². The topological polar surface area (TPSA) is 188 Å². The van der Waals surface area contributed by atoms with Crippen molar-refractivity contribution in [3.8, 4) is 0 Å². The number of carbonyl (C=O) groups excluding carboxylic acids is 3. The van der Waals surface area contributed by atoms with E-state index in [1.165, 1.54) is 6.92 Å². The second-order valence-corrected chi connectivity index (χ2v) is 5.92. The van der Waals surface area contributed by atoms with Crippen molar-refractivity contribution >= 4 is 29.7 Å². The molecule has 0 aromatic rings. The Morgan fingerprint density at radius 1 is 1.00 bits per heavy atom. The highest BCUT2D eigenvalue weighted by molar-refractivity contribution is 5.92. The number of carbonyl (C=O) groups is 5. The Hall–Kier alpha value is -2.69. The number of carboxylic acids is 2. The van der Waals surface area contributed by atoms with Gasteiger partial charge in [0.1, 0.15) is 12.1 Å². The van der Waals surface area contributed by atoms with Crippen molar-refractivity contribution in [1.82, 2.24) is 16.0 Å². The number of aliphatic carboxylic acids is 2. The summed E-state index contributed by atoms with van der Waals surface area (Å²) in [5.41, 5.74) is 5.75. The number of hydrogen-bond donors (Lipinski definition) is 6. The quantitative estimate of drug-likeness (QED) is 0.240. The van der Waals surface area contributed by atoms with Gasteiger partial charge in [0, 0.05) is 0 Å². The molecule has 0 aliphatic carbocycles. The molecule has 0 heterocycles. The number of nitrogens with two attached hydrogens (primary N) is 1. The van der Waals surface area contributed by atoms with Gasteiger partial charge in [-0.1, -0.05) is 20.3 Å². The van der Waals surface area contributed by atoms with Crippen LogP contribution in [0.4, 0.5) is 0 Å². The Labute approximate surface area is 150 Å². The monoisotopic (exact) mass is 374 g/mol. The highest BCUT2D eigenvalue weighted by atomic mass is 16.4. The summed E-state index contributed by atoms with van der Waals surface area (Å²) < 4.78 is 0. The van der Waals surface area contributed by atoms with Crippen LogP contribution in [0.25, 0.3) is 0 Å². The summed E-state index contributed by atoms with van der Waals surface area (Å²) >= 11 is 0. The fourth-order valence-corrected chi connectivity index (χ4v) is 1.83. The van der Waals surface area contributed by atoms with E-state index in [1.807, 2.05) is 12.2 Å². The van der Waals surface area contributed by atoms with E-state index in [4.69, 9.17) is 15.9 Å². The number of rotatable bonds is 11. The van der Waals surface area contributed by atoms with Gasteiger partial charge in [-0.2, -0.15) is 0 Å². The number of hydrogen-bond acceptors (Lipinski definition) is 6. The Morgan fingerprint density at radius 3 is 2.04 bits per heavy atom. The maximum atomic E-state index is 11.9. The first-order valence-corrected chi connectivity index (χ1v) is 8.07. The van der Waals surface area contributed by atoms with Gasteiger partial charge in [-0.05, 0) is 12.8 Å². The third kappa shape index (κ3) is 8.42. The largest absolute Gasteiger partial charge is 0.481 e.